The molecule has 0 bridgehead atoms. The van der Waals surface area contributed by atoms with Gasteiger partial charge < -0.3 is 4.74 Å². The number of hydrogen-bond acceptors (Lipinski definition) is 4. The molecule has 6 heteroatoms. The van der Waals surface area contributed by atoms with Gasteiger partial charge in [-0.1, -0.05) is 13.3 Å². The van der Waals surface area contributed by atoms with E-state index in [0.29, 0.717) is 34.8 Å². The molecule has 1 saturated carbocycles. The van der Waals surface area contributed by atoms with Gasteiger partial charge in [0.15, 0.2) is 11.4 Å². The second kappa shape index (κ2) is 7.47. The number of fused-ring (bicyclic) bond motifs is 1. The molecule has 0 aliphatic heterocycles. The van der Waals surface area contributed by atoms with E-state index in [1.165, 1.54) is 31.4 Å². The molecule has 2 aromatic heterocycles. The van der Waals surface area contributed by atoms with Crippen LogP contribution in [0.25, 0.3) is 16.9 Å². The summed E-state index contributed by atoms with van der Waals surface area (Å²) in [4.78, 5) is 16.3. The zero-order valence-corrected chi connectivity index (χ0v) is 15.3. The van der Waals surface area contributed by atoms with E-state index >= 15 is 0 Å². The minimum absolute atomic E-state index is 0.0983. The topological polar surface area (TPSA) is 56.5 Å². The van der Waals surface area contributed by atoms with Crippen LogP contribution >= 0.6 is 0 Å². The molecule has 1 aromatic carbocycles. The minimum atomic E-state index is -0.450. The summed E-state index contributed by atoms with van der Waals surface area (Å²) >= 11 is 0. The number of nitrogens with zero attached hydrogens (tertiary/aromatic N) is 3. The number of Topliss-reactive ketones (excluding diaryl/α,β-unsaturated/α-hetero) is 1. The molecule has 5 nitrogen and oxygen atoms in total. The summed E-state index contributed by atoms with van der Waals surface area (Å²) in [5, 5.41) is 4.55. The van der Waals surface area contributed by atoms with Gasteiger partial charge >= 0.3 is 0 Å². The van der Waals surface area contributed by atoms with Crippen molar-refractivity contribution >= 4 is 11.4 Å². The van der Waals surface area contributed by atoms with Gasteiger partial charge in [-0.3, -0.25) is 4.79 Å². The lowest BCUT2D eigenvalue weighted by Crippen LogP contribution is -2.20. The van der Waals surface area contributed by atoms with Crippen molar-refractivity contribution in [3.8, 4) is 17.1 Å². The fraction of sp³-hybridized carbons (Fsp3) is 0.381. The maximum Gasteiger partial charge on any atom is 0.232 e. The molecule has 0 saturated heterocycles. The van der Waals surface area contributed by atoms with Crippen molar-refractivity contribution in [2.45, 2.75) is 51.6 Å². The van der Waals surface area contributed by atoms with E-state index in [-0.39, 0.29) is 11.9 Å². The van der Waals surface area contributed by atoms with Crippen molar-refractivity contribution in [2.75, 3.05) is 0 Å². The van der Waals surface area contributed by atoms with Crippen LogP contribution in [0, 0.1) is 5.82 Å². The van der Waals surface area contributed by atoms with Gasteiger partial charge in [0, 0.05) is 23.6 Å². The van der Waals surface area contributed by atoms with Crippen molar-refractivity contribution in [3.05, 3.63) is 47.9 Å². The van der Waals surface area contributed by atoms with Crippen molar-refractivity contribution in [3.63, 3.8) is 0 Å². The van der Waals surface area contributed by atoms with E-state index in [1.807, 2.05) is 12.1 Å². The highest BCUT2D eigenvalue weighted by Gasteiger charge is 2.17. The molecule has 1 fully saturated rings. The Labute approximate surface area is 157 Å². The second-order valence-electron chi connectivity index (χ2n) is 6.97. The van der Waals surface area contributed by atoms with E-state index in [9.17, 15) is 9.18 Å². The van der Waals surface area contributed by atoms with Crippen LogP contribution < -0.4 is 4.74 Å². The van der Waals surface area contributed by atoms with E-state index in [1.54, 1.807) is 23.7 Å². The highest BCUT2D eigenvalue weighted by atomic mass is 19.1. The number of hydrogen-bond donors (Lipinski definition) is 0. The van der Waals surface area contributed by atoms with Gasteiger partial charge in [0.05, 0.1) is 11.9 Å². The Morgan fingerprint density at radius 3 is 2.81 bits per heavy atom. The lowest BCUT2D eigenvalue weighted by Gasteiger charge is -2.22. The van der Waals surface area contributed by atoms with Crippen LogP contribution in [0.5, 0.6) is 5.88 Å². The van der Waals surface area contributed by atoms with Gasteiger partial charge in [-0.05, 0) is 49.9 Å². The predicted octanol–water partition coefficient (Wildman–Crippen LogP) is 4.84. The fourth-order valence-electron chi connectivity index (χ4n) is 3.57. The summed E-state index contributed by atoms with van der Waals surface area (Å²) in [6.45, 7) is 1.76. The van der Waals surface area contributed by atoms with Crippen LogP contribution in [0.15, 0.2) is 36.5 Å². The summed E-state index contributed by atoms with van der Waals surface area (Å²) in [5.74, 6) is -0.0115. The van der Waals surface area contributed by atoms with Crippen LogP contribution in [0.1, 0.15) is 55.8 Å². The molecule has 27 heavy (non-hydrogen) atoms. The highest BCUT2D eigenvalue weighted by molar-refractivity contribution is 5.97. The fourth-order valence-corrected chi connectivity index (χ4v) is 3.57. The number of benzene rings is 1. The SMILES string of the molecule is CCC(=O)c1cc(F)cc(-c2cnc3ccc(OC4CCCCC4)nn23)c1. The first kappa shape index (κ1) is 17.6. The zero-order valence-electron chi connectivity index (χ0n) is 15.3. The maximum absolute atomic E-state index is 14.1. The van der Waals surface area contributed by atoms with Crippen LogP contribution in [0.2, 0.25) is 0 Å². The highest BCUT2D eigenvalue weighted by Crippen LogP contribution is 2.26. The Kier molecular flexibility index (Phi) is 4.88. The third-order valence-electron chi connectivity index (χ3n) is 5.01. The van der Waals surface area contributed by atoms with Crippen molar-refractivity contribution < 1.29 is 13.9 Å². The number of rotatable bonds is 5. The monoisotopic (exact) mass is 367 g/mol. The van der Waals surface area contributed by atoms with Gasteiger partial charge in [-0.25, -0.2) is 13.9 Å². The minimum Gasteiger partial charge on any atom is -0.473 e. The summed E-state index contributed by atoms with van der Waals surface area (Å²) in [5.41, 5.74) is 2.20. The molecule has 3 aromatic rings. The van der Waals surface area contributed by atoms with Gasteiger partial charge in [-0.2, -0.15) is 0 Å². The largest absolute Gasteiger partial charge is 0.473 e. The third kappa shape index (κ3) is 3.70. The van der Waals surface area contributed by atoms with Crippen LogP contribution in [-0.2, 0) is 0 Å². The Bertz CT molecular complexity index is 977. The molecule has 4 rings (SSSR count). The summed E-state index contributed by atoms with van der Waals surface area (Å²) < 4.78 is 21.8. The Morgan fingerprint density at radius 1 is 1.22 bits per heavy atom. The predicted molar refractivity (Wildman–Crippen MR) is 101 cm³/mol. The molecule has 140 valence electrons. The van der Waals surface area contributed by atoms with Crippen LogP contribution in [-0.4, -0.2) is 26.5 Å². The zero-order chi connectivity index (χ0) is 18.8. The molecule has 0 amide bonds. The van der Waals surface area contributed by atoms with Crippen molar-refractivity contribution in [1.29, 1.82) is 0 Å². The number of imidazole rings is 1. The first-order valence-electron chi connectivity index (χ1n) is 9.49. The lowest BCUT2D eigenvalue weighted by molar-refractivity contribution is 0.0987. The quantitative estimate of drug-likeness (QED) is 0.606. The van der Waals surface area contributed by atoms with Gasteiger partial charge in [-0.15, -0.1) is 5.10 Å². The molecular weight excluding hydrogens is 345 g/mol. The number of carbonyl (C=O) groups is 1. The van der Waals surface area contributed by atoms with Crippen LogP contribution in [0.4, 0.5) is 4.39 Å². The molecule has 0 spiro atoms. The van der Waals surface area contributed by atoms with E-state index < -0.39 is 5.82 Å². The number of ketones is 1. The number of carbonyl (C=O) groups excluding carboxylic acids is 1. The molecule has 0 atom stereocenters. The molecule has 2 heterocycles. The molecule has 1 aliphatic carbocycles. The van der Waals surface area contributed by atoms with E-state index in [0.717, 1.165) is 12.8 Å². The smallest absolute Gasteiger partial charge is 0.232 e. The van der Waals surface area contributed by atoms with Crippen LogP contribution in [0.3, 0.4) is 0 Å². The molecule has 1 aliphatic rings. The number of aromatic nitrogens is 3. The summed E-state index contributed by atoms with van der Waals surface area (Å²) in [6, 6.07) is 8.01. The Morgan fingerprint density at radius 2 is 2.04 bits per heavy atom. The van der Waals surface area contributed by atoms with Gasteiger partial charge in [0.2, 0.25) is 5.88 Å². The summed E-state index contributed by atoms with van der Waals surface area (Å²) in [7, 11) is 0. The first-order chi connectivity index (χ1) is 13.1. The van der Waals surface area contributed by atoms with E-state index in [4.69, 9.17) is 4.74 Å². The molecule has 0 unspecified atom stereocenters. The second-order valence-corrected chi connectivity index (χ2v) is 6.97. The standard InChI is InChI=1S/C21H22FN3O2/c1-2-19(26)15-10-14(11-16(22)12-15)18-13-23-20-8-9-21(24-25(18)20)27-17-6-4-3-5-7-17/h8-13,17H,2-7H2,1H3. The number of halogens is 1. The normalized spacial score (nSPS) is 15.2. The lowest BCUT2D eigenvalue weighted by atomic mass is 9.98. The van der Waals surface area contributed by atoms with Crippen molar-refractivity contribution in [1.82, 2.24) is 14.6 Å². The first-order valence-corrected chi connectivity index (χ1v) is 9.49. The average Bonchev–Trinajstić information content (AvgIpc) is 3.11. The van der Waals surface area contributed by atoms with Crippen molar-refractivity contribution in [2.24, 2.45) is 0 Å². The maximum atomic E-state index is 14.1. The average molecular weight is 367 g/mol. The van der Waals surface area contributed by atoms with E-state index in [2.05, 4.69) is 10.1 Å². The molecule has 0 N–H and O–H groups in total. The number of ether oxygens (including phenoxy) is 1. The Hall–Kier alpha value is -2.76. The molecular formula is C21H22FN3O2. The third-order valence-corrected chi connectivity index (χ3v) is 5.01. The Balaban J connectivity index is 1.70. The van der Waals surface area contributed by atoms with Gasteiger partial charge in [0.25, 0.3) is 0 Å². The van der Waals surface area contributed by atoms with Gasteiger partial charge in [0.1, 0.15) is 11.9 Å². The summed E-state index contributed by atoms with van der Waals surface area (Å²) in [6.07, 6.45) is 7.87. The molecule has 0 radical (unpaired) electrons.